The Morgan fingerprint density at radius 1 is 0.938 bits per heavy atom. The fourth-order valence-electron chi connectivity index (χ4n) is 7.03. The number of hydrogen-bond donors (Lipinski definition) is 1. The van der Waals surface area contributed by atoms with E-state index >= 15 is 0 Å². The highest BCUT2D eigenvalue weighted by atomic mass is 16.2. The lowest BCUT2D eigenvalue weighted by Gasteiger charge is -2.41. The zero-order valence-corrected chi connectivity index (χ0v) is 20.3. The van der Waals surface area contributed by atoms with E-state index in [4.69, 9.17) is 0 Å². The first-order valence-corrected chi connectivity index (χ1v) is 13.3. The number of carbonyl (C=O) groups excluding carboxylic acids is 3. The Labute approximate surface area is 193 Å². The molecule has 3 amide bonds. The number of imide groups is 1. The summed E-state index contributed by atoms with van der Waals surface area (Å²) in [6.45, 7) is 5.00. The Hall–Kier alpha value is -1.43. The molecule has 0 aromatic heterocycles. The van der Waals surface area contributed by atoms with Crippen LogP contribution in [-0.2, 0) is 9.59 Å². The maximum atomic E-state index is 13.5. The second-order valence-electron chi connectivity index (χ2n) is 11.0. The maximum absolute atomic E-state index is 13.5. The molecule has 2 aliphatic heterocycles. The average molecular weight is 446 g/mol. The van der Waals surface area contributed by atoms with Crippen LogP contribution in [-0.4, -0.2) is 58.2 Å². The molecule has 4 rings (SSSR count). The molecule has 2 saturated heterocycles. The fourth-order valence-corrected chi connectivity index (χ4v) is 7.03. The van der Waals surface area contributed by atoms with Crippen LogP contribution in [0.1, 0.15) is 104 Å². The monoisotopic (exact) mass is 445 g/mol. The lowest BCUT2D eigenvalue weighted by Crippen LogP contribution is -2.54. The van der Waals surface area contributed by atoms with Crippen LogP contribution >= 0.6 is 0 Å². The summed E-state index contributed by atoms with van der Waals surface area (Å²) in [6.07, 6.45) is 16.4. The predicted molar refractivity (Wildman–Crippen MR) is 125 cm³/mol. The molecule has 0 bridgehead atoms. The number of amides is 3. The topological polar surface area (TPSA) is 69.7 Å². The highest BCUT2D eigenvalue weighted by Gasteiger charge is 2.58. The van der Waals surface area contributed by atoms with E-state index in [2.05, 4.69) is 5.32 Å². The van der Waals surface area contributed by atoms with Gasteiger partial charge in [-0.3, -0.25) is 14.5 Å². The van der Waals surface area contributed by atoms with E-state index in [1.165, 1.54) is 56.3 Å². The van der Waals surface area contributed by atoms with Crippen LogP contribution in [0.3, 0.4) is 0 Å². The molecule has 1 N–H and O–H groups in total. The Balaban J connectivity index is 1.38. The third kappa shape index (κ3) is 4.36. The number of likely N-dealkylation sites (N-methyl/N-ethyl adjacent to an activating group) is 1. The minimum absolute atomic E-state index is 0.0452. The van der Waals surface area contributed by atoms with Gasteiger partial charge in [-0.2, -0.15) is 0 Å². The maximum Gasteiger partial charge on any atom is 0.328 e. The molecule has 2 heterocycles. The zero-order chi connectivity index (χ0) is 22.8. The SMILES string of the molecule is CCN1C(=O)N(CC(=O)C2CCC3(CCCCCCCC3)NC2)C(=O)C1(C)C1CCCC1. The lowest BCUT2D eigenvalue weighted by atomic mass is 9.77. The molecular weight excluding hydrogens is 402 g/mol. The zero-order valence-electron chi connectivity index (χ0n) is 20.3. The number of urea groups is 1. The first-order valence-electron chi connectivity index (χ1n) is 13.3. The van der Waals surface area contributed by atoms with Crippen LogP contribution < -0.4 is 5.32 Å². The molecule has 0 radical (unpaired) electrons. The molecule has 0 aromatic carbocycles. The first-order chi connectivity index (χ1) is 15.4. The van der Waals surface area contributed by atoms with Gasteiger partial charge >= 0.3 is 6.03 Å². The van der Waals surface area contributed by atoms with Gasteiger partial charge in [-0.15, -0.1) is 0 Å². The molecule has 4 aliphatic rings. The Morgan fingerprint density at radius 3 is 2.12 bits per heavy atom. The van der Waals surface area contributed by atoms with Crippen LogP contribution in [0.5, 0.6) is 0 Å². The van der Waals surface area contributed by atoms with E-state index in [0.29, 0.717) is 13.1 Å². The van der Waals surface area contributed by atoms with Crippen molar-refractivity contribution in [2.24, 2.45) is 11.8 Å². The van der Waals surface area contributed by atoms with Crippen molar-refractivity contribution in [3.63, 3.8) is 0 Å². The smallest absolute Gasteiger partial charge is 0.311 e. The van der Waals surface area contributed by atoms with Crippen molar-refractivity contribution < 1.29 is 14.4 Å². The molecule has 2 atom stereocenters. The van der Waals surface area contributed by atoms with Crippen LogP contribution in [0.2, 0.25) is 0 Å². The van der Waals surface area contributed by atoms with Gasteiger partial charge in [0.25, 0.3) is 5.91 Å². The molecule has 6 nitrogen and oxygen atoms in total. The molecular formula is C26H43N3O3. The fraction of sp³-hybridized carbons (Fsp3) is 0.885. The number of ketones is 1. The summed E-state index contributed by atoms with van der Waals surface area (Å²) in [5.74, 6) is 0.00539. The molecule has 4 fully saturated rings. The third-order valence-electron chi connectivity index (χ3n) is 9.19. The standard InChI is InChI=1S/C26H43N3O3/c1-3-29-24(32)28(23(31)25(29,2)21-12-8-9-13-21)19-22(30)20-14-17-26(27-18-20)15-10-6-4-5-7-11-16-26/h20-21,27H,3-19H2,1-2H3. The van der Waals surface area contributed by atoms with Crippen molar-refractivity contribution in [1.29, 1.82) is 0 Å². The molecule has 2 aliphatic carbocycles. The van der Waals surface area contributed by atoms with Crippen molar-refractivity contribution in [1.82, 2.24) is 15.1 Å². The minimum atomic E-state index is -0.783. The molecule has 32 heavy (non-hydrogen) atoms. The molecule has 0 aromatic rings. The Morgan fingerprint density at radius 2 is 1.56 bits per heavy atom. The van der Waals surface area contributed by atoms with Crippen LogP contribution in [0.25, 0.3) is 0 Å². The predicted octanol–water partition coefficient (Wildman–Crippen LogP) is 4.66. The van der Waals surface area contributed by atoms with Gasteiger partial charge in [0.15, 0.2) is 5.78 Å². The van der Waals surface area contributed by atoms with Crippen LogP contribution in [0.15, 0.2) is 0 Å². The average Bonchev–Trinajstić information content (AvgIpc) is 3.41. The largest absolute Gasteiger partial charge is 0.328 e. The van der Waals surface area contributed by atoms with Gasteiger partial charge in [-0.25, -0.2) is 4.79 Å². The number of hydrogen-bond acceptors (Lipinski definition) is 4. The molecule has 2 unspecified atom stereocenters. The van der Waals surface area contributed by atoms with E-state index in [9.17, 15) is 14.4 Å². The Bertz CT molecular complexity index is 697. The molecule has 2 saturated carbocycles. The summed E-state index contributed by atoms with van der Waals surface area (Å²) in [5.41, 5.74) is -0.588. The number of nitrogens with one attached hydrogen (secondary N) is 1. The van der Waals surface area contributed by atoms with Crippen molar-refractivity contribution in [2.45, 2.75) is 115 Å². The number of piperidine rings is 1. The van der Waals surface area contributed by atoms with Crippen LogP contribution in [0, 0.1) is 11.8 Å². The number of rotatable bonds is 5. The van der Waals surface area contributed by atoms with E-state index < -0.39 is 5.54 Å². The number of carbonyl (C=O) groups is 3. The summed E-state index contributed by atoms with van der Waals surface area (Å²) >= 11 is 0. The number of nitrogens with zero attached hydrogens (tertiary/aromatic N) is 2. The van der Waals surface area contributed by atoms with E-state index in [-0.39, 0.29) is 41.6 Å². The third-order valence-corrected chi connectivity index (χ3v) is 9.19. The first kappa shape index (κ1) is 23.7. The van der Waals surface area contributed by atoms with Gasteiger partial charge < -0.3 is 10.2 Å². The molecule has 180 valence electrons. The van der Waals surface area contributed by atoms with Crippen molar-refractivity contribution in [3.05, 3.63) is 0 Å². The minimum Gasteiger partial charge on any atom is -0.311 e. The lowest BCUT2D eigenvalue weighted by molar-refractivity contribution is -0.138. The van der Waals surface area contributed by atoms with Crippen molar-refractivity contribution >= 4 is 17.7 Å². The summed E-state index contributed by atoms with van der Waals surface area (Å²) in [4.78, 5) is 42.8. The molecule has 1 spiro atoms. The highest BCUT2D eigenvalue weighted by Crippen LogP contribution is 2.43. The van der Waals surface area contributed by atoms with Gasteiger partial charge in [0, 0.05) is 24.5 Å². The van der Waals surface area contributed by atoms with Gasteiger partial charge in [0.05, 0.1) is 6.54 Å². The highest BCUT2D eigenvalue weighted by molar-refractivity contribution is 6.09. The molecule has 6 heteroatoms. The summed E-state index contributed by atoms with van der Waals surface area (Å²) in [5, 5.41) is 3.77. The Kier molecular flexibility index (Phi) is 7.28. The number of Topliss-reactive ketones (excluding diaryl/α,β-unsaturated/α-hetero) is 1. The van der Waals surface area contributed by atoms with Crippen molar-refractivity contribution in [3.8, 4) is 0 Å². The second kappa shape index (κ2) is 9.82. The summed E-state index contributed by atoms with van der Waals surface area (Å²) in [6, 6.07) is -0.267. The van der Waals surface area contributed by atoms with E-state index in [1.54, 1.807) is 4.90 Å². The van der Waals surface area contributed by atoms with Gasteiger partial charge in [-0.05, 0) is 58.3 Å². The van der Waals surface area contributed by atoms with Gasteiger partial charge in [-0.1, -0.05) is 51.4 Å². The normalized spacial score (nSPS) is 32.2. The van der Waals surface area contributed by atoms with Crippen LogP contribution in [0.4, 0.5) is 4.79 Å². The van der Waals surface area contributed by atoms with E-state index in [0.717, 1.165) is 38.5 Å². The summed E-state index contributed by atoms with van der Waals surface area (Å²) in [7, 11) is 0. The quantitative estimate of drug-likeness (QED) is 0.625. The van der Waals surface area contributed by atoms with E-state index in [1.807, 2.05) is 13.8 Å². The summed E-state index contributed by atoms with van der Waals surface area (Å²) < 4.78 is 0. The van der Waals surface area contributed by atoms with Gasteiger partial charge in [0.2, 0.25) is 0 Å². The van der Waals surface area contributed by atoms with Gasteiger partial charge in [0.1, 0.15) is 5.54 Å². The second-order valence-corrected chi connectivity index (χ2v) is 11.0. The van der Waals surface area contributed by atoms with Crippen molar-refractivity contribution in [2.75, 3.05) is 19.6 Å².